The third-order valence-electron chi connectivity index (χ3n) is 2.49. The molecule has 1 aromatic heterocycles. The highest BCUT2D eigenvalue weighted by Gasteiger charge is 2.27. The van der Waals surface area contributed by atoms with E-state index in [1.807, 2.05) is 0 Å². The average Bonchev–Trinajstić information content (AvgIpc) is 2.57. The lowest BCUT2D eigenvalue weighted by Crippen LogP contribution is -2.38. The van der Waals surface area contributed by atoms with Gasteiger partial charge in [0.05, 0.1) is 6.10 Å². The Morgan fingerprint density at radius 2 is 2.33 bits per heavy atom. The van der Waals surface area contributed by atoms with Crippen LogP contribution in [0.5, 0.6) is 0 Å². The molecule has 4 N–H and O–H groups in total. The molecule has 0 spiro atoms. The summed E-state index contributed by atoms with van der Waals surface area (Å²) in [4.78, 5) is 11.4. The molecule has 1 aliphatic rings. The first-order valence-electron chi connectivity index (χ1n) is 4.71. The fourth-order valence-electron chi connectivity index (χ4n) is 1.54. The molecule has 0 saturated heterocycles. The molecule has 7 heteroatoms. The van der Waals surface area contributed by atoms with Crippen molar-refractivity contribution in [2.75, 3.05) is 12.3 Å². The predicted molar refractivity (Wildman–Crippen MR) is 49.8 cm³/mol. The van der Waals surface area contributed by atoms with E-state index in [1.54, 1.807) is 0 Å². The van der Waals surface area contributed by atoms with Crippen molar-refractivity contribution in [3.63, 3.8) is 0 Å². The van der Waals surface area contributed by atoms with Gasteiger partial charge in [-0.2, -0.15) is 0 Å². The molecule has 0 radical (unpaired) electrons. The molecule has 0 aliphatic heterocycles. The predicted octanol–water partition coefficient (Wildman–Crippen LogP) is -0.848. The van der Waals surface area contributed by atoms with E-state index in [-0.39, 0.29) is 17.6 Å². The number of aromatic nitrogens is 2. The Morgan fingerprint density at radius 3 is 2.87 bits per heavy atom. The van der Waals surface area contributed by atoms with Crippen LogP contribution >= 0.6 is 0 Å². The Kier molecular flexibility index (Phi) is 2.55. The smallest absolute Gasteiger partial charge is 0.277 e. The number of nitrogen functional groups attached to an aromatic ring is 1. The van der Waals surface area contributed by atoms with Gasteiger partial charge in [-0.15, -0.1) is 0 Å². The second kappa shape index (κ2) is 3.85. The summed E-state index contributed by atoms with van der Waals surface area (Å²) in [5.74, 6) is -0.0682. The highest BCUT2D eigenvalue weighted by atomic mass is 16.6. The molecule has 0 unspecified atom stereocenters. The summed E-state index contributed by atoms with van der Waals surface area (Å²) in [5.41, 5.74) is 5.36. The van der Waals surface area contributed by atoms with Gasteiger partial charge < -0.3 is 16.2 Å². The number of nitrogens with zero attached hydrogens (tertiary/aromatic N) is 2. The van der Waals surface area contributed by atoms with Gasteiger partial charge in [0.2, 0.25) is 11.5 Å². The molecule has 1 aliphatic carbocycles. The monoisotopic (exact) mass is 212 g/mol. The fraction of sp³-hybridized carbons (Fsp3) is 0.625. The standard InChI is InChI=1S/C8H12N4O3/c9-7-6(11-15-12-7)8(14)10-3-4-1-5(13)2-4/h4-5,13H,1-3H2,(H2,9,12)(H,10,14). The maximum atomic E-state index is 11.4. The van der Waals surface area contributed by atoms with Crippen molar-refractivity contribution in [2.45, 2.75) is 18.9 Å². The number of aliphatic hydroxyl groups excluding tert-OH is 1. The molecule has 1 heterocycles. The van der Waals surface area contributed by atoms with Crippen molar-refractivity contribution in [2.24, 2.45) is 5.92 Å². The number of carbonyl (C=O) groups excluding carboxylic acids is 1. The van der Waals surface area contributed by atoms with E-state index < -0.39 is 5.91 Å². The maximum absolute atomic E-state index is 11.4. The van der Waals surface area contributed by atoms with Crippen molar-refractivity contribution in [1.82, 2.24) is 15.6 Å². The molecule has 1 aromatic rings. The highest BCUT2D eigenvalue weighted by Crippen LogP contribution is 2.26. The van der Waals surface area contributed by atoms with E-state index in [0.29, 0.717) is 12.5 Å². The van der Waals surface area contributed by atoms with Crippen LogP contribution in [0.3, 0.4) is 0 Å². The summed E-state index contributed by atoms with van der Waals surface area (Å²) in [5, 5.41) is 18.4. The van der Waals surface area contributed by atoms with Crippen LogP contribution in [0.4, 0.5) is 5.82 Å². The van der Waals surface area contributed by atoms with E-state index in [9.17, 15) is 4.79 Å². The van der Waals surface area contributed by atoms with Gasteiger partial charge in [0, 0.05) is 6.54 Å². The number of carbonyl (C=O) groups is 1. The molecule has 1 saturated carbocycles. The summed E-state index contributed by atoms with van der Waals surface area (Å²) in [6.45, 7) is 0.516. The third kappa shape index (κ3) is 2.07. The second-order valence-corrected chi connectivity index (χ2v) is 3.70. The number of nitrogens with two attached hydrogens (primary N) is 1. The number of hydrogen-bond donors (Lipinski definition) is 3. The largest absolute Gasteiger partial charge is 0.393 e. The number of anilines is 1. The van der Waals surface area contributed by atoms with Crippen LogP contribution in [-0.2, 0) is 0 Å². The molecular weight excluding hydrogens is 200 g/mol. The van der Waals surface area contributed by atoms with Gasteiger partial charge in [-0.1, -0.05) is 0 Å². The van der Waals surface area contributed by atoms with Crippen LogP contribution < -0.4 is 11.1 Å². The van der Waals surface area contributed by atoms with Crippen LogP contribution in [-0.4, -0.2) is 34.0 Å². The molecule has 0 atom stereocenters. The first kappa shape index (κ1) is 9.91. The zero-order chi connectivity index (χ0) is 10.8. The lowest BCUT2D eigenvalue weighted by atomic mass is 9.82. The van der Waals surface area contributed by atoms with Gasteiger partial charge in [0.25, 0.3) is 5.91 Å². The van der Waals surface area contributed by atoms with Gasteiger partial charge in [-0.25, -0.2) is 4.63 Å². The van der Waals surface area contributed by atoms with Gasteiger partial charge in [0.15, 0.2) is 0 Å². The molecule has 0 bridgehead atoms. The summed E-state index contributed by atoms with van der Waals surface area (Å²) < 4.78 is 4.30. The van der Waals surface area contributed by atoms with Crippen molar-refractivity contribution >= 4 is 11.7 Å². The van der Waals surface area contributed by atoms with E-state index >= 15 is 0 Å². The molecule has 1 amide bonds. The number of aliphatic hydroxyl groups is 1. The van der Waals surface area contributed by atoms with Crippen molar-refractivity contribution < 1.29 is 14.5 Å². The van der Waals surface area contributed by atoms with Gasteiger partial charge >= 0.3 is 0 Å². The number of amides is 1. The number of rotatable bonds is 3. The molecule has 7 nitrogen and oxygen atoms in total. The fourth-order valence-corrected chi connectivity index (χ4v) is 1.54. The van der Waals surface area contributed by atoms with Gasteiger partial charge in [-0.3, -0.25) is 4.79 Å². The molecule has 15 heavy (non-hydrogen) atoms. The summed E-state index contributed by atoms with van der Waals surface area (Å²) >= 11 is 0. The normalized spacial score (nSPS) is 24.6. The Bertz CT molecular complexity index is 359. The van der Waals surface area contributed by atoms with E-state index in [1.165, 1.54) is 0 Å². The molecule has 2 rings (SSSR count). The van der Waals surface area contributed by atoms with Crippen LogP contribution in [0.2, 0.25) is 0 Å². The average molecular weight is 212 g/mol. The lowest BCUT2D eigenvalue weighted by molar-refractivity contribution is 0.0419. The minimum Gasteiger partial charge on any atom is -0.393 e. The first-order chi connectivity index (χ1) is 7.16. The molecule has 0 aromatic carbocycles. The van der Waals surface area contributed by atoms with Crippen molar-refractivity contribution in [1.29, 1.82) is 0 Å². The minimum atomic E-state index is -0.393. The van der Waals surface area contributed by atoms with E-state index in [0.717, 1.165) is 12.8 Å². The number of hydrogen-bond acceptors (Lipinski definition) is 6. The van der Waals surface area contributed by atoms with Crippen LogP contribution in [0.1, 0.15) is 23.3 Å². The van der Waals surface area contributed by atoms with E-state index in [2.05, 4.69) is 20.3 Å². The molecule has 82 valence electrons. The second-order valence-electron chi connectivity index (χ2n) is 3.70. The van der Waals surface area contributed by atoms with Crippen LogP contribution in [0, 0.1) is 5.92 Å². The van der Waals surface area contributed by atoms with Gasteiger partial charge in [0.1, 0.15) is 0 Å². The molecule has 1 fully saturated rings. The minimum absolute atomic E-state index is 0.00914. The summed E-state index contributed by atoms with van der Waals surface area (Å²) in [6, 6.07) is 0. The van der Waals surface area contributed by atoms with Gasteiger partial charge in [-0.05, 0) is 29.1 Å². The maximum Gasteiger partial charge on any atom is 0.277 e. The SMILES string of the molecule is Nc1nonc1C(=O)NCC1CC(O)C1. The van der Waals surface area contributed by atoms with Crippen LogP contribution in [0.15, 0.2) is 4.63 Å². The summed E-state index contributed by atoms with van der Waals surface area (Å²) in [6.07, 6.45) is 1.24. The lowest BCUT2D eigenvalue weighted by Gasteiger charge is -2.31. The first-order valence-corrected chi connectivity index (χ1v) is 4.71. The Labute approximate surface area is 85.6 Å². The van der Waals surface area contributed by atoms with E-state index in [4.69, 9.17) is 10.8 Å². The zero-order valence-corrected chi connectivity index (χ0v) is 8.01. The van der Waals surface area contributed by atoms with Crippen LogP contribution in [0.25, 0.3) is 0 Å². The van der Waals surface area contributed by atoms with Crippen molar-refractivity contribution in [3.8, 4) is 0 Å². The topological polar surface area (TPSA) is 114 Å². The Hall–Kier alpha value is -1.63. The van der Waals surface area contributed by atoms with Crippen molar-refractivity contribution in [3.05, 3.63) is 5.69 Å². The third-order valence-corrected chi connectivity index (χ3v) is 2.49. The highest BCUT2D eigenvalue weighted by molar-refractivity contribution is 5.95. The Morgan fingerprint density at radius 1 is 1.60 bits per heavy atom. The summed E-state index contributed by atoms with van der Waals surface area (Å²) in [7, 11) is 0. The number of nitrogens with one attached hydrogen (secondary N) is 1. The Balaban J connectivity index is 1.80. The quantitative estimate of drug-likeness (QED) is 0.601. The zero-order valence-electron chi connectivity index (χ0n) is 8.01. The molecular formula is C8H12N4O3.